The molecule has 0 radical (unpaired) electrons. The normalized spacial score (nSPS) is 25.4. The van der Waals surface area contributed by atoms with Crippen LogP contribution in [-0.2, 0) is 11.2 Å². The van der Waals surface area contributed by atoms with Crippen molar-refractivity contribution in [2.45, 2.75) is 83.7 Å². The number of nitrogens with one attached hydrogen (secondary N) is 2. The van der Waals surface area contributed by atoms with E-state index in [4.69, 9.17) is 9.47 Å². The molecule has 1 aromatic heterocycles. The van der Waals surface area contributed by atoms with Crippen LogP contribution in [0.25, 0.3) is 6.08 Å². The maximum absolute atomic E-state index is 10.2. The molecule has 8 heteroatoms. The summed E-state index contributed by atoms with van der Waals surface area (Å²) in [6, 6.07) is 6.64. The Labute approximate surface area is 232 Å². The number of hydrogen-bond donors (Lipinski definition) is 4. The average Bonchev–Trinajstić information content (AvgIpc) is 3.29. The highest BCUT2D eigenvalue weighted by Crippen LogP contribution is 2.38. The Bertz CT molecular complexity index is 1120. The van der Waals surface area contributed by atoms with Gasteiger partial charge in [-0.05, 0) is 67.3 Å². The molecule has 0 bridgehead atoms. The van der Waals surface area contributed by atoms with Gasteiger partial charge in [0, 0.05) is 50.2 Å². The molecular formula is C31H46N4O4. The lowest BCUT2D eigenvalue weighted by Gasteiger charge is -2.52. The number of aliphatic hydroxyl groups excluding tert-OH is 2. The van der Waals surface area contributed by atoms with Gasteiger partial charge in [0.1, 0.15) is 0 Å². The summed E-state index contributed by atoms with van der Waals surface area (Å²) in [6.07, 6.45) is 8.13. The molecule has 8 nitrogen and oxygen atoms in total. The van der Waals surface area contributed by atoms with Crippen LogP contribution >= 0.6 is 0 Å². The fraction of sp³-hybridized carbons (Fsp3) is 0.645. The van der Waals surface area contributed by atoms with E-state index in [9.17, 15) is 10.2 Å². The first-order chi connectivity index (χ1) is 18.8. The zero-order chi connectivity index (χ0) is 27.4. The van der Waals surface area contributed by atoms with Gasteiger partial charge in [-0.25, -0.2) is 0 Å². The topological polar surface area (TPSA) is 103 Å². The Hall–Kier alpha value is -2.23. The molecule has 3 saturated heterocycles. The van der Waals surface area contributed by atoms with Gasteiger partial charge < -0.3 is 29.9 Å². The summed E-state index contributed by atoms with van der Waals surface area (Å²) in [5.41, 5.74) is 6.35. The predicted molar refractivity (Wildman–Crippen MR) is 153 cm³/mol. The molecule has 3 fully saturated rings. The van der Waals surface area contributed by atoms with Crippen LogP contribution in [0.5, 0.6) is 5.88 Å². The van der Waals surface area contributed by atoms with E-state index in [2.05, 4.69) is 71.5 Å². The van der Waals surface area contributed by atoms with Crippen molar-refractivity contribution in [3.8, 4) is 5.88 Å². The van der Waals surface area contributed by atoms with Crippen LogP contribution in [-0.4, -0.2) is 83.1 Å². The third-order valence-electron chi connectivity index (χ3n) is 8.67. The smallest absolute Gasteiger partial charge is 0.238 e. The van der Waals surface area contributed by atoms with E-state index < -0.39 is 18.5 Å². The van der Waals surface area contributed by atoms with Crippen molar-refractivity contribution >= 4 is 6.08 Å². The average molecular weight is 539 g/mol. The van der Waals surface area contributed by atoms with Crippen molar-refractivity contribution in [2.24, 2.45) is 5.41 Å². The number of rotatable bonds is 10. The molecule has 0 aliphatic carbocycles. The summed E-state index contributed by atoms with van der Waals surface area (Å²) in [7, 11) is 0. The van der Waals surface area contributed by atoms with Gasteiger partial charge in [0.25, 0.3) is 0 Å². The number of likely N-dealkylation sites (tertiary alicyclic amines) is 1. The number of piperidine rings is 1. The molecule has 214 valence electrons. The number of aryl methyl sites for hydroxylation is 1. The molecule has 0 saturated carbocycles. The van der Waals surface area contributed by atoms with Crippen LogP contribution < -0.4 is 10.1 Å². The summed E-state index contributed by atoms with van der Waals surface area (Å²) in [5, 5.41) is 30.8. The number of aliphatic hydroxyl groups is 2. The van der Waals surface area contributed by atoms with E-state index in [0.717, 1.165) is 24.2 Å². The fourth-order valence-corrected chi connectivity index (χ4v) is 6.39. The number of ether oxygens (including phenoxy) is 2. The minimum Gasteiger partial charge on any atom is -0.446 e. The van der Waals surface area contributed by atoms with Gasteiger partial charge in [0.2, 0.25) is 12.2 Å². The number of H-pyrrole nitrogens is 1. The Balaban J connectivity index is 1.18. The second-order valence-corrected chi connectivity index (χ2v) is 12.2. The second kappa shape index (κ2) is 12.5. The first kappa shape index (κ1) is 28.3. The Morgan fingerprint density at radius 2 is 2.03 bits per heavy atom. The Morgan fingerprint density at radius 3 is 2.74 bits per heavy atom. The van der Waals surface area contributed by atoms with Crippen molar-refractivity contribution in [3.63, 3.8) is 0 Å². The molecule has 39 heavy (non-hydrogen) atoms. The molecule has 4 N–H and O–H groups in total. The number of aromatic amines is 1. The summed E-state index contributed by atoms with van der Waals surface area (Å²) >= 11 is 0. The lowest BCUT2D eigenvalue weighted by Crippen LogP contribution is -2.59. The van der Waals surface area contributed by atoms with Crippen molar-refractivity contribution in [1.29, 1.82) is 0 Å². The highest BCUT2D eigenvalue weighted by molar-refractivity contribution is 5.52. The van der Waals surface area contributed by atoms with E-state index in [1.807, 2.05) is 0 Å². The van der Waals surface area contributed by atoms with Crippen LogP contribution in [0.4, 0.5) is 0 Å². The first-order valence-corrected chi connectivity index (χ1v) is 14.7. The van der Waals surface area contributed by atoms with Crippen LogP contribution in [0.1, 0.15) is 79.8 Å². The number of hydrogen-bond acceptors (Lipinski definition) is 7. The van der Waals surface area contributed by atoms with Crippen molar-refractivity contribution in [3.05, 3.63) is 52.2 Å². The number of nitrogens with zero attached hydrogens (tertiary/aromatic N) is 2. The molecule has 3 atom stereocenters. The van der Waals surface area contributed by atoms with Gasteiger partial charge in [-0.1, -0.05) is 44.2 Å². The molecule has 1 aromatic carbocycles. The highest BCUT2D eigenvalue weighted by atomic mass is 16.7. The first-order valence-electron chi connectivity index (χ1n) is 14.7. The predicted octanol–water partition coefficient (Wildman–Crippen LogP) is 3.76. The molecular weight excluding hydrogens is 492 g/mol. The third kappa shape index (κ3) is 6.92. The molecule has 5 rings (SSSR count). The quantitative estimate of drug-likeness (QED) is 0.365. The zero-order valence-electron chi connectivity index (χ0n) is 23.8. The van der Waals surface area contributed by atoms with Gasteiger partial charge in [0.05, 0.1) is 18.8 Å². The molecule has 0 amide bonds. The molecule has 3 aliphatic rings. The van der Waals surface area contributed by atoms with Crippen LogP contribution in [0.3, 0.4) is 0 Å². The second-order valence-electron chi connectivity index (χ2n) is 12.2. The van der Waals surface area contributed by atoms with Crippen LogP contribution in [0, 0.1) is 12.3 Å². The maximum atomic E-state index is 10.2. The monoisotopic (exact) mass is 538 g/mol. The number of benzene rings is 1. The molecule has 3 aliphatic heterocycles. The van der Waals surface area contributed by atoms with Crippen LogP contribution in [0.15, 0.2) is 24.3 Å². The van der Waals surface area contributed by atoms with E-state index >= 15 is 0 Å². The zero-order valence-corrected chi connectivity index (χ0v) is 23.8. The Kier molecular flexibility index (Phi) is 9.09. The standard InChI is InChI=1S/C31H46N4O4/c1-21(2)29-27(30(34-33-29)39-28-17-25(37)16-26(18-36)38-28)15-24-8-7-23(14-22(24)3)6-4-5-13-35-19-31(20-35)9-11-32-12-10-31/h4,6-8,14,21,25-26,28,32,36-37H,5,9-13,15-20H2,1-3H3,(H,33,34)/b6-4+. The maximum Gasteiger partial charge on any atom is 0.238 e. The van der Waals surface area contributed by atoms with Gasteiger partial charge in [0.15, 0.2) is 0 Å². The summed E-state index contributed by atoms with van der Waals surface area (Å²) in [6.45, 7) is 12.3. The SMILES string of the molecule is Cc1cc(/C=C/CCN2CC3(CCNCC3)C2)ccc1Cc1c(OC2CC(O)CC(CO)O2)n[nH]c1C(C)C. The van der Waals surface area contributed by atoms with Crippen molar-refractivity contribution in [2.75, 3.05) is 39.3 Å². The van der Waals surface area contributed by atoms with E-state index in [1.165, 1.54) is 55.7 Å². The highest BCUT2D eigenvalue weighted by Gasteiger charge is 2.42. The molecule has 4 heterocycles. The minimum absolute atomic E-state index is 0.140. The van der Waals surface area contributed by atoms with Gasteiger partial charge >= 0.3 is 0 Å². The Morgan fingerprint density at radius 1 is 1.23 bits per heavy atom. The lowest BCUT2D eigenvalue weighted by molar-refractivity contribution is -0.186. The lowest BCUT2D eigenvalue weighted by atomic mass is 9.72. The summed E-state index contributed by atoms with van der Waals surface area (Å²) in [5.74, 6) is 0.765. The third-order valence-corrected chi connectivity index (χ3v) is 8.67. The van der Waals surface area contributed by atoms with E-state index in [1.54, 1.807) is 0 Å². The summed E-state index contributed by atoms with van der Waals surface area (Å²) in [4.78, 5) is 2.60. The van der Waals surface area contributed by atoms with Gasteiger partial charge in [-0.3, -0.25) is 5.10 Å². The van der Waals surface area contributed by atoms with Gasteiger partial charge in [-0.15, -0.1) is 5.10 Å². The largest absolute Gasteiger partial charge is 0.446 e. The molecule has 2 aromatic rings. The van der Waals surface area contributed by atoms with E-state index in [0.29, 0.717) is 30.6 Å². The van der Waals surface area contributed by atoms with Crippen LogP contribution in [0.2, 0.25) is 0 Å². The number of aromatic nitrogens is 2. The van der Waals surface area contributed by atoms with E-state index in [-0.39, 0.29) is 12.5 Å². The molecule has 1 spiro atoms. The van der Waals surface area contributed by atoms with Crippen molar-refractivity contribution < 1.29 is 19.7 Å². The van der Waals surface area contributed by atoms with Gasteiger partial charge in [-0.2, -0.15) is 0 Å². The fourth-order valence-electron chi connectivity index (χ4n) is 6.39. The summed E-state index contributed by atoms with van der Waals surface area (Å²) < 4.78 is 12.0. The molecule has 3 unspecified atom stereocenters. The minimum atomic E-state index is -0.636. The van der Waals surface area contributed by atoms with Crippen molar-refractivity contribution in [1.82, 2.24) is 20.4 Å².